The zero-order valence-corrected chi connectivity index (χ0v) is 14.8. The quantitative estimate of drug-likeness (QED) is 0.658. The molecule has 1 amide bonds. The molecule has 136 valence electrons. The number of aryl methyl sites for hydroxylation is 2. The monoisotopic (exact) mass is 356 g/mol. The van der Waals surface area contributed by atoms with Crippen molar-refractivity contribution in [3.63, 3.8) is 0 Å². The molecule has 0 bridgehead atoms. The minimum atomic E-state index is -0.594. The molecule has 8 heteroatoms. The highest BCUT2D eigenvalue weighted by Crippen LogP contribution is 2.15. The summed E-state index contributed by atoms with van der Waals surface area (Å²) in [6.07, 6.45) is 1.53. The zero-order valence-electron chi connectivity index (χ0n) is 14.8. The van der Waals surface area contributed by atoms with Crippen LogP contribution in [0.25, 0.3) is 16.7 Å². The van der Waals surface area contributed by atoms with Crippen LogP contribution in [0, 0.1) is 6.92 Å². The molecule has 2 N–H and O–H groups in total. The fourth-order valence-corrected chi connectivity index (χ4v) is 2.83. The average Bonchev–Trinajstić information content (AvgIpc) is 2.93. The van der Waals surface area contributed by atoms with Crippen LogP contribution in [-0.4, -0.2) is 40.3 Å². The molecule has 26 heavy (non-hydrogen) atoms. The van der Waals surface area contributed by atoms with Gasteiger partial charge in [0.1, 0.15) is 5.52 Å². The summed E-state index contributed by atoms with van der Waals surface area (Å²) in [4.78, 5) is 40.5. The van der Waals surface area contributed by atoms with E-state index in [2.05, 4.69) is 10.3 Å². The topological polar surface area (TPSA) is 98.1 Å². The number of amides is 1. The van der Waals surface area contributed by atoms with Crippen molar-refractivity contribution in [3.8, 4) is 5.69 Å². The first-order valence-electron chi connectivity index (χ1n) is 8.12. The predicted molar refractivity (Wildman–Crippen MR) is 98.1 cm³/mol. The number of fused-ring (bicyclic) bond motifs is 1. The van der Waals surface area contributed by atoms with Crippen molar-refractivity contribution in [3.05, 3.63) is 62.4 Å². The SMILES string of the molecule is COCCNC(=O)c1cn(C)c2c(=O)n(-c3ccc(C)cc3)c(=O)[nH]c12. The van der Waals surface area contributed by atoms with E-state index in [1.807, 2.05) is 19.1 Å². The first kappa shape index (κ1) is 17.7. The first-order chi connectivity index (χ1) is 12.4. The Labute approximate surface area is 149 Å². The Kier molecular flexibility index (Phi) is 4.77. The van der Waals surface area contributed by atoms with Gasteiger partial charge in [-0.25, -0.2) is 9.36 Å². The van der Waals surface area contributed by atoms with E-state index in [9.17, 15) is 14.4 Å². The summed E-state index contributed by atoms with van der Waals surface area (Å²) in [7, 11) is 3.20. The maximum atomic E-state index is 12.9. The van der Waals surface area contributed by atoms with Crippen LogP contribution in [0.2, 0.25) is 0 Å². The molecule has 1 aromatic carbocycles. The summed E-state index contributed by atoms with van der Waals surface area (Å²) >= 11 is 0. The van der Waals surface area contributed by atoms with Crippen molar-refractivity contribution in [1.29, 1.82) is 0 Å². The van der Waals surface area contributed by atoms with Gasteiger partial charge in [0.25, 0.3) is 11.5 Å². The Morgan fingerprint density at radius 3 is 2.58 bits per heavy atom. The molecule has 0 spiro atoms. The lowest BCUT2D eigenvalue weighted by molar-refractivity contribution is 0.0938. The summed E-state index contributed by atoms with van der Waals surface area (Å²) in [5.41, 5.74) is 1.13. The van der Waals surface area contributed by atoms with Crippen molar-refractivity contribution in [2.45, 2.75) is 6.92 Å². The van der Waals surface area contributed by atoms with E-state index < -0.39 is 11.2 Å². The number of carbonyl (C=O) groups excluding carboxylic acids is 1. The maximum absolute atomic E-state index is 12.9. The summed E-state index contributed by atoms with van der Waals surface area (Å²) in [6.45, 7) is 2.62. The van der Waals surface area contributed by atoms with Crippen molar-refractivity contribution < 1.29 is 9.53 Å². The second kappa shape index (κ2) is 7.01. The van der Waals surface area contributed by atoms with Crippen LogP contribution in [0.4, 0.5) is 0 Å². The Balaban J connectivity index is 2.15. The van der Waals surface area contributed by atoms with Gasteiger partial charge in [-0.3, -0.25) is 9.59 Å². The molecule has 0 aliphatic heterocycles. The van der Waals surface area contributed by atoms with Crippen LogP contribution in [0.15, 0.2) is 40.1 Å². The third kappa shape index (κ3) is 3.06. The summed E-state index contributed by atoms with van der Waals surface area (Å²) in [6, 6.07) is 7.06. The molecule has 0 atom stereocenters. The Morgan fingerprint density at radius 1 is 1.23 bits per heavy atom. The molecule has 2 heterocycles. The molecule has 0 fully saturated rings. The van der Waals surface area contributed by atoms with Crippen LogP contribution >= 0.6 is 0 Å². The fraction of sp³-hybridized carbons (Fsp3) is 0.278. The van der Waals surface area contributed by atoms with Gasteiger partial charge in [-0.2, -0.15) is 0 Å². The van der Waals surface area contributed by atoms with E-state index in [1.165, 1.54) is 13.3 Å². The lowest BCUT2D eigenvalue weighted by Gasteiger charge is -2.07. The lowest BCUT2D eigenvalue weighted by Crippen LogP contribution is -2.34. The third-order valence-electron chi connectivity index (χ3n) is 4.15. The number of nitrogens with zero attached hydrogens (tertiary/aromatic N) is 2. The smallest absolute Gasteiger partial charge is 0.333 e. The number of ether oxygens (including phenoxy) is 1. The van der Waals surface area contributed by atoms with Gasteiger partial charge in [0, 0.05) is 26.9 Å². The van der Waals surface area contributed by atoms with Crippen molar-refractivity contribution >= 4 is 16.9 Å². The predicted octanol–water partition coefficient (Wildman–Crippen LogP) is 0.702. The van der Waals surface area contributed by atoms with Crippen LogP contribution in [0.1, 0.15) is 15.9 Å². The normalized spacial score (nSPS) is 11.0. The molecule has 0 aliphatic rings. The number of benzene rings is 1. The molecule has 0 unspecified atom stereocenters. The molecular weight excluding hydrogens is 336 g/mol. The molecule has 3 rings (SSSR count). The van der Waals surface area contributed by atoms with Gasteiger partial charge < -0.3 is 19.6 Å². The highest BCUT2D eigenvalue weighted by atomic mass is 16.5. The molecule has 0 saturated carbocycles. The van der Waals surface area contributed by atoms with Gasteiger partial charge in [-0.05, 0) is 19.1 Å². The van der Waals surface area contributed by atoms with E-state index in [1.54, 1.807) is 23.7 Å². The van der Waals surface area contributed by atoms with Gasteiger partial charge in [0.15, 0.2) is 0 Å². The van der Waals surface area contributed by atoms with Gasteiger partial charge in [-0.1, -0.05) is 17.7 Å². The Hall–Kier alpha value is -3.13. The van der Waals surface area contributed by atoms with Crippen LogP contribution in [0.3, 0.4) is 0 Å². The minimum absolute atomic E-state index is 0.223. The molecule has 0 radical (unpaired) electrons. The van der Waals surface area contributed by atoms with Crippen LogP contribution in [0.5, 0.6) is 0 Å². The standard InChI is InChI=1S/C18H20N4O4/c1-11-4-6-12(7-5-11)22-17(24)15-14(20-18(22)25)13(10-21(15)2)16(23)19-8-9-26-3/h4-7,10H,8-9H2,1-3H3,(H,19,23)(H,20,25). The molecule has 0 aliphatic carbocycles. The van der Waals surface area contributed by atoms with Crippen molar-refractivity contribution in [2.24, 2.45) is 7.05 Å². The summed E-state index contributed by atoms with van der Waals surface area (Å²) < 4.78 is 7.51. The first-order valence-corrected chi connectivity index (χ1v) is 8.12. The number of nitrogens with one attached hydrogen (secondary N) is 2. The largest absolute Gasteiger partial charge is 0.383 e. The lowest BCUT2D eigenvalue weighted by atomic mass is 10.2. The zero-order chi connectivity index (χ0) is 18.8. The summed E-state index contributed by atoms with van der Waals surface area (Å²) in [5, 5.41) is 2.69. The average molecular weight is 356 g/mol. The number of aromatic nitrogens is 3. The second-order valence-corrected chi connectivity index (χ2v) is 6.03. The maximum Gasteiger partial charge on any atom is 0.333 e. The third-order valence-corrected chi connectivity index (χ3v) is 4.15. The molecule has 8 nitrogen and oxygen atoms in total. The number of H-pyrrole nitrogens is 1. The number of carbonyl (C=O) groups is 1. The van der Waals surface area contributed by atoms with Crippen molar-refractivity contribution in [1.82, 2.24) is 19.4 Å². The van der Waals surface area contributed by atoms with E-state index >= 15 is 0 Å². The van der Waals surface area contributed by atoms with E-state index in [-0.39, 0.29) is 22.5 Å². The molecule has 3 aromatic rings. The van der Waals surface area contributed by atoms with Gasteiger partial charge in [-0.15, -0.1) is 0 Å². The van der Waals surface area contributed by atoms with E-state index in [4.69, 9.17) is 4.74 Å². The number of hydrogen-bond donors (Lipinski definition) is 2. The van der Waals surface area contributed by atoms with Gasteiger partial charge in [0.05, 0.1) is 23.4 Å². The molecule has 0 saturated heterocycles. The Bertz CT molecular complexity index is 1070. The van der Waals surface area contributed by atoms with Gasteiger partial charge >= 0.3 is 5.69 Å². The Morgan fingerprint density at radius 2 is 1.92 bits per heavy atom. The fourth-order valence-electron chi connectivity index (χ4n) is 2.83. The van der Waals surface area contributed by atoms with Crippen LogP contribution < -0.4 is 16.6 Å². The number of aromatic amines is 1. The highest BCUT2D eigenvalue weighted by molar-refractivity contribution is 6.05. The van der Waals surface area contributed by atoms with Gasteiger partial charge in [0.2, 0.25) is 0 Å². The van der Waals surface area contributed by atoms with Crippen LogP contribution in [-0.2, 0) is 11.8 Å². The number of hydrogen-bond acceptors (Lipinski definition) is 4. The van der Waals surface area contributed by atoms with E-state index in [0.717, 1.165) is 10.1 Å². The second-order valence-electron chi connectivity index (χ2n) is 6.03. The minimum Gasteiger partial charge on any atom is -0.383 e. The molecular formula is C18H20N4O4. The highest BCUT2D eigenvalue weighted by Gasteiger charge is 2.19. The summed E-state index contributed by atoms with van der Waals surface area (Å²) in [5.74, 6) is -0.379. The molecule has 2 aromatic heterocycles. The number of rotatable bonds is 5. The number of methoxy groups -OCH3 is 1. The van der Waals surface area contributed by atoms with Crippen molar-refractivity contribution in [2.75, 3.05) is 20.3 Å². The van der Waals surface area contributed by atoms with E-state index in [0.29, 0.717) is 18.8 Å².